The average Bonchev–Trinajstić information content (AvgIpc) is 3.29. The summed E-state index contributed by atoms with van der Waals surface area (Å²) in [5.74, 6) is 1.40. The number of thioether (sulfide) groups is 1. The molecule has 1 heterocycles. The Morgan fingerprint density at radius 1 is 1.30 bits per heavy atom. The van der Waals surface area contributed by atoms with E-state index in [1.54, 1.807) is 23.1 Å². The Bertz CT molecular complexity index is 638. The summed E-state index contributed by atoms with van der Waals surface area (Å²) in [5, 5.41) is 14.4. The Balaban J connectivity index is 1.67. The standard InChI is InChI=1S/C18H21NO2S2/c20-10-9-16(13-7-8-13)19-18(21)15-5-1-2-6-17(15)23-12-14-4-3-11-22-14/h1-6,11,13,16,20H,7-10,12H2,(H,19,21). The summed E-state index contributed by atoms with van der Waals surface area (Å²) in [5.41, 5.74) is 0.734. The highest BCUT2D eigenvalue weighted by molar-refractivity contribution is 7.98. The van der Waals surface area contributed by atoms with Crippen molar-refractivity contribution in [2.75, 3.05) is 6.61 Å². The predicted octanol–water partition coefficient (Wildman–Crippen LogP) is 3.93. The molecule has 0 radical (unpaired) electrons. The minimum absolute atomic E-state index is 0.0235. The number of benzene rings is 1. The van der Waals surface area contributed by atoms with E-state index in [2.05, 4.69) is 16.8 Å². The zero-order chi connectivity index (χ0) is 16.1. The average molecular weight is 348 g/mol. The number of thiophene rings is 1. The van der Waals surface area contributed by atoms with E-state index in [1.807, 2.05) is 30.3 Å². The van der Waals surface area contributed by atoms with Crippen molar-refractivity contribution >= 4 is 29.0 Å². The van der Waals surface area contributed by atoms with Gasteiger partial charge in [0.05, 0.1) is 5.56 Å². The fourth-order valence-corrected chi connectivity index (χ4v) is 4.46. The van der Waals surface area contributed by atoms with E-state index < -0.39 is 0 Å². The lowest BCUT2D eigenvalue weighted by Gasteiger charge is -2.18. The van der Waals surface area contributed by atoms with Gasteiger partial charge in [0, 0.05) is 28.2 Å². The van der Waals surface area contributed by atoms with Crippen LogP contribution in [0.4, 0.5) is 0 Å². The lowest BCUT2D eigenvalue weighted by atomic mass is 10.1. The zero-order valence-corrected chi connectivity index (χ0v) is 14.5. The molecule has 0 saturated heterocycles. The summed E-state index contributed by atoms with van der Waals surface area (Å²) in [4.78, 5) is 15.0. The van der Waals surface area contributed by atoms with Crippen LogP contribution >= 0.6 is 23.1 Å². The molecule has 5 heteroatoms. The van der Waals surface area contributed by atoms with Crippen LogP contribution in [-0.4, -0.2) is 23.7 Å². The quantitative estimate of drug-likeness (QED) is 0.711. The molecule has 1 fully saturated rings. The summed E-state index contributed by atoms with van der Waals surface area (Å²) in [6.45, 7) is 0.121. The van der Waals surface area contributed by atoms with E-state index in [1.165, 1.54) is 4.88 Å². The molecule has 0 aliphatic heterocycles. The number of rotatable bonds is 8. The summed E-state index contributed by atoms with van der Waals surface area (Å²) in [6, 6.07) is 12.0. The monoisotopic (exact) mass is 347 g/mol. The van der Waals surface area contributed by atoms with Gasteiger partial charge in [-0.25, -0.2) is 0 Å². The third kappa shape index (κ3) is 4.59. The van der Waals surface area contributed by atoms with Gasteiger partial charge in [-0.05, 0) is 48.8 Å². The Kier molecular flexibility index (Phi) is 5.75. The molecule has 0 bridgehead atoms. The highest BCUT2D eigenvalue weighted by atomic mass is 32.2. The van der Waals surface area contributed by atoms with Crippen molar-refractivity contribution < 1.29 is 9.90 Å². The van der Waals surface area contributed by atoms with Crippen LogP contribution in [-0.2, 0) is 5.75 Å². The van der Waals surface area contributed by atoms with Crippen LogP contribution in [0.3, 0.4) is 0 Å². The molecule has 3 nitrogen and oxygen atoms in total. The van der Waals surface area contributed by atoms with E-state index in [0.717, 1.165) is 29.1 Å². The van der Waals surface area contributed by atoms with E-state index in [-0.39, 0.29) is 18.6 Å². The first-order valence-corrected chi connectivity index (χ1v) is 9.80. The SMILES string of the molecule is O=C(NC(CCO)C1CC1)c1ccccc1SCc1cccs1. The Morgan fingerprint density at radius 2 is 2.13 bits per heavy atom. The number of aliphatic hydroxyl groups excluding tert-OH is 1. The first kappa shape index (κ1) is 16.6. The molecule has 1 aliphatic rings. The smallest absolute Gasteiger partial charge is 0.252 e. The maximum Gasteiger partial charge on any atom is 0.252 e. The Labute approximate surface area is 145 Å². The molecule has 0 spiro atoms. The van der Waals surface area contributed by atoms with Crippen LogP contribution in [0.1, 0.15) is 34.5 Å². The van der Waals surface area contributed by atoms with Gasteiger partial charge in [-0.1, -0.05) is 18.2 Å². The normalized spacial score (nSPS) is 15.3. The molecule has 1 unspecified atom stereocenters. The molecular formula is C18H21NO2S2. The lowest BCUT2D eigenvalue weighted by Crippen LogP contribution is -2.37. The molecule has 1 aromatic heterocycles. The van der Waals surface area contributed by atoms with Crippen LogP contribution in [0.15, 0.2) is 46.7 Å². The number of nitrogens with one attached hydrogen (secondary N) is 1. The Hall–Kier alpha value is -1.30. The number of carbonyl (C=O) groups excluding carboxylic acids is 1. The maximum absolute atomic E-state index is 12.6. The van der Waals surface area contributed by atoms with Gasteiger partial charge in [-0.2, -0.15) is 0 Å². The van der Waals surface area contributed by atoms with Gasteiger partial charge in [0.2, 0.25) is 0 Å². The minimum atomic E-state index is -0.0235. The van der Waals surface area contributed by atoms with Crippen molar-refractivity contribution in [1.29, 1.82) is 0 Å². The fourth-order valence-electron chi connectivity index (χ4n) is 2.63. The number of amides is 1. The highest BCUT2D eigenvalue weighted by Crippen LogP contribution is 2.34. The van der Waals surface area contributed by atoms with Gasteiger partial charge in [-0.3, -0.25) is 4.79 Å². The van der Waals surface area contributed by atoms with Crippen molar-refractivity contribution in [3.8, 4) is 0 Å². The first-order chi connectivity index (χ1) is 11.3. The van der Waals surface area contributed by atoms with Crippen molar-refractivity contribution in [2.24, 2.45) is 5.92 Å². The molecule has 1 atom stereocenters. The first-order valence-electron chi connectivity index (χ1n) is 7.94. The van der Waals surface area contributed by atoms with E-state index in [0.29, 0.717) is 12.3 Å². The second-order valence-corrected chi connectivity index (χ2v) is 7.84. The van der Waals surface area contributed by atoms with Crippen LogP contribution in [0, 0.1) is 5.92 Å². The van der Waals surface area contributed by atoms with Crippen LogP contribution < -0.4 is 5.32 Å². The fraction of sp³-hybridized carbons (Fsp3) is 0.389. The van der Waals surface area contributed by atoms with Gasteiger partial charge >= 0.3 is 0 Å². The molecular weight excluding hydrogens is 326 g/mol. The molecule has 2 aromatic rings. The summed E-state index contributed by atoms with van der Waals surface area (Å²) in [7, 11) is 0. The molecule has 23 heavy (non-hydrogen) atoms. The summed E-state index contributed by atoms with van der Waals surface area (Å²) >= 11 is 3.43. The van der Waals surface area contributed by atoms with Crippen LogP contribution in [0.25, 0.3) is 0 Å². The van der Waals surface area contributed by atoms with E-state index >= 15 is 0 Å². The second kappa shape index (κ2) is 7.99. The lowest BCUT2D eigenvalue weighted by molar-refractivity contribution is 0.0921. The molecule has 122 valence electrons. The molecule has 1 aliphatic carbocycles. The van der Waals surface area contributed by atoms with Gasteiger partial charge in [0.1, 0.15) is 0 Å². The molecule has 3 rings (SSSR count). The number of hydrogen-bond acceptors (Lipinski definition) is 4. The largest absolute Gasteiger partial charge is 0.396 e. The molecule has 2 N–H and O–H groups in total. The Morgan fingerprint density at radius 3 is 2.83 bits per heavy atom. The minimum Gasteiger partial charge on any atom is -0.396 e. The van der Waals surface area contributed by atoms with E-state index in [4.69, 9.17) is 0 Å². The number of aliphatic hydroxyl groups is 1. The zero-order valence-electron chi connectivity index (χ0n) is 12.9. The van der Waals surface area contributed by atoms with Crippen molar-refractivity contribution in [3.63, 3.8) is 0 Å². The van der Waals surface area contributed by atoms with Gasteiger partial charge in [0.15, 0.2) is 0 Å². The molecule has 1 aromatic carbocycles. The molecule has 1 saturated carbocycles. The number of hydrogen-bond donors (Lipinski definition) is 2. The van der Waals surface area contributed by atoms with Gasteiger partial charge in [-0.15, -0.1) is 23.1 Å². The van der Waals surface area contributed by atoms with Crippen LogP contribution in [0.5, 0.6) is 0 Å². The third-order valence-electron chi connectivity index (χ3n) is 4.03. The maximum atomic E-state index is 12.6. The van der Waals surface area contributed by atoms with Crippen molar-refractivity contribution in [2.45, 2.75) is 36.0 Å². The van der Waals surface area contributed by atoms with E-state index in [9.17, 15) is 9.90 Å². The van der Waals surface area contributed by atoms with Crippen molar-refractivity contribution in [1.82, 2.24) is 5.32 Å². The van der Waals surface area contributed by atoms with Gasteiger partial charge < -0.3 is 10.4 Å². The molecule has 1 amide bonds. The second-order valence-electron chi connectivity index (χ2n) is 5.79. The third-order valence-corrected chi connectivity index (χ3v) is 6.21. The summed E-state index contributed by atoms with van der Waals surface area (Å²) < 4.78 is 0. The van der Waals surface area contributed by atoms with Crippen LogP contribution in [0.2, 0.25) is 0 Å². The van der Waals surface area contributed by atoms with Gasteiger partial charge in [0.25, 0.3) is 5.91 Å². The topological polar surface area (TPSA) is 49.3 Å². The summed E-state index contributed by atoms with van der Waals surface area (Å²) in [6.07, 6.45) is 2.94. The highest BCUT2D eigenvalue weighted by Gasteiger charge is 2.32. The predicted molar refractivity (Wildman–Crippen MR) is 96.0 cm³/mol. The number of carbonyl (C=O) groups is 1. The van der Waals surface area contributed by atoms with Crippen molar-refractivity contribution in [3.05, 3.63) is 52.2 Å².